The van der Waals surface area contributed by atoms with Crippen molar-refractivity contribution in [1.29, 1.82) is 0 Å². The number of nitrogens with zero attached hydrogens (tertiary/aromatic N) is 5. The fourth-order valence-corrected chi connectivity index (χ4v) is 4.41. The molecule has 1 aliphatic rings. The molecule has 0 aromatic carbocycles. The summed E-state index contributed by atoms with van der Waals surface area (Å²) in [4.78, 5) is 6.48. The Kier molecular flexibility index (Phi) is 4.45. The van der Waals surface area contributed by atoms with Gasteiger partial charge in [-0.05, 0) is 32.4 Å². The Morgan fingerprint density at radius 2 is 2.12 bits per heavy atom. The SMILES string of the molecule is Cc1cc(Cl)n2ncnc(N3CC(CN(C(C)C)S(N)(=O)=O)C3)c12. The van der Waals surface area contributed by atoms with Gasteiger partial charge in [-0.1, -0.05) is 11.6 Å². The lowest BCUT2D eigenvalue weighted by Crippen LogP contribution is -2.55. The third-order valence-electron chi connectivity index (χ3n) is 4.28. The van der Waals surface area contributed by atoms with Crippen LogP contribution in [0.25, 0.3) is 5.52 Å². The number of anilines is 1. The van der Waals surface area contributed by atoms with Crippen molar-refractivity contribution in [2.75, 3.05) is 24.5 Å². The van der Waals surface area contributed by atoms with Crippen molar-refractivity contribution < 1.29 is 8.42 Å². The minimum atomic E-state index is -3.69. The first-order chi connectivity index (χ1) is 11.2. The third kappa shape index (κ3) is 3.08. The lowest BCUT2D eigenvalue weighted by atomic mass is 9.99. The first-order valence-electron chi connectivity index (χ1n) is 7.72. The van der Waals surface area contributed by atoms with Crippen molar-refractivity contribution in [1.82, 2.24) is 18.9 Å². The molecule has 0 saturated carbocycles. The number of fused-ring (bicyclic) bond motifs is 1. The molecule has 0 unspecified atom stereocenters. The van der Waals surface area contributed by atoms with E-state index in [-0.39, 0.29) is 12.0 Å². The lowest BCUT2D eigenvalue weighted by molar-refractivity contribution is 0.268. The van der Waals surface area contributed by atoms with Crippen LogP contribution in [-0.2, 0) is 10.2 Å². The van der Waals surface area contributed by atoms with Gasteiger partial charge in [0.2, 0.25) is 0 Å². The van der Waals surface area contributed by atoms with Crippen molar-refractivity contribution in [2.45, 2.75) is 26.8 Å². The Morgan fingerprint density at radius 3 is 2.71 bits per heavy atom. The van der Waals surface area contributed by atoms with Gasteiger partial charge >= 0.3 is 0 Å². The maximum Gasteiger partial charge on any atom is 0.277 e. The van der Waals surface area contributed by atoms with Crippen LogP contribution in [0, 0.1) is 12.8 Å². The quantitative estimate of drug-likeness (QED) is 0.845. The molecule has 24 heavy (non-hydrogen) atoms. The van der Waals surface area contributed by atoms with Crippen LogP contribution in [0.4, 0.5) is 5.82 Å². The second-order valence-electron chi connectivity index (χ2n) is 6.47. The van der Waals surface area contributed by atoms with Crippen molar-refractivity contribution in [3.8, 4) is 0 Å². The fourth-order valence-electron chi connectivity index (χ4n) is 3.11. The third-order valence-corrected chi connectivity index (χ3v) is 5.77. The highest BCUT2D eigenvalue weighted by atomic mass is 35.5. The fraction of sp³-hybridized carbons (Fsp3) is 0.571. The molecular formula is C14H21ClN6O2S. The molecular weight excluding hydrogens is 352 g/mol. The van der Waals surface area contributed by atoms with E-state index < -0.39 is 10.2 Å². The van der Waals surface area contributed by atoms with E-state index in [2.05, 4.69) is 15.0 Å². The summed E-state index contributed by atoms with van der Waals surface area (Å²) >= 11 is 6.17. The summed E-state index contributed by atoms with van der Waals surface area (Å²) in [5, 5.41) is 10.0. The predicted molar refractivity (Wildman–Crippen MR) is 93.4 cm³/mol. The van der Waals surface area contributed by atoms with E-state index in [4.69, 9.17) is 16.7 Å². The van der Waals surface area contributed by atoms with Gasteiger partial charge in [0.25, 0.3) is 10.2 Å². The predicted octanol–water partition coefficient (Wildman–Crippen LogP) is 1.04. The van der Waals surface area contributed by atoms with Crippen molar-refractivity contribution in [2.24, 2.45) is 11.1 Å². The van der Waals surface area contributed by atoms with E-state index in [1.165, 1.54) is 10.6 Å². The minimum absolute atomic E-state index is 0.161. The van der Waals surface area contributed by atoms with Crippen LogP contribution >= 0.6 is 11.6 Å². The van der Waals surface area contributed by atoms with Crippen LogP contribution in [0.2, 0.25) is 5.15 Å². The van der Waals surface area contributed by atoms with Gasteiger partial charge in [0.1, 0.15) is 17.0 Å². The number of hydrogen-bond donors (Lipinski definition) is 1. The molecule has 0 radical (unpaired) electrons. The van der Waals surface area contributed by atoms with Crippen LogP contribution in [0.15, 0.2) is 12.4 Å². The zero-order chi connectivity index (χ0) is 17.6. The molecule has 0 amide bonds. The maximum absolute atomic E-state index is 11.7. The highest BCUT2D eigenvalue weighted by Crippen LogP contribution is 2.31. The van der Waals surface area contributed by atoms with Gasteiger partial charge in [-0.15, -0.1) is 0 Å². The molecule has 8 nitrogen and oxygen atoms in total. The number of hydrogen-bond acceptors (Lipinski definition) is 5. The standard InChI is InChI=1S/C14H21ClN6O2S/c1-9(2)20(24(16,22)23)7-11-5-19(6-11)14-13-10(3)4-12(15)21(13)18-8-17-14/h4,8-9,11H,5-7H2,1-3H3,(H2,16,22,23). The Morgan fingerprint density at radius 1 is 1.46 bits per heavy atom. The molecule has 132 valence electrons. The lowest BCUT2D eigenvalue weighted by Gasteiger charge is -2.42. The summed E-state index contributed by atoms with van der Waals surface area (Å²) in [5.41, 5.74) is 1.89. The van der Waals surface area contributed by atoms with Crippen molar-refractivity contribution in [3.63, 3.8) is 0 Å². The van der Waals surface area contributed by atoms with Crippen LogP contribution in [-0.4, -0.2) is 53.0 Å². The van der Waals surface area contributed by atoms with E-state index >= 15 is 0 Å². The van der Waals surface area contributed by atoms with E-state index in [0.717, 1.165) is 16.9 Å². The van der Waals surface area contributed by atoms with E-state index in [0.29, 0.717) is 24.8 Å². The Labute approximate surface area is 146 Å². The average molecular weight is 373 g/mol. The molecule has 10 heteroatoms. The molecule has 1 fully saturated rings. The summed E-state index contributed by atoms with van der Waals surface area (Å²) in [7, 11) is -3.69. The maximum atomic E-state index is 11.7. The van der Waals surface area contributed by atoms with E-state index in [1.54, 1.807) is 4.52 Å². The van der Waals surface area contributed by atoms with Crippen molar-refractivity contribution in [3.05, 3.63) is 23.1 Å². The molecule has 1 saturated heterocycles. The molecule has 2 N–H and O–H groups in total. The van der Waals surface area contributed by atoms with Gasteiger partial charge in [0.05, 0.1) is 0 Å². The van der Waals surface area contributed by atoms with Gasteiger partial charge in [0.15, 0.2) is 5.82 Å². The highest BCUT2D eigenvalue weighted by Gasteiger charge is 2.34. The second-order valence-corrected chi connectivity index (χ2v) is 8.36. The van der Waals surface area contributed by atoms with Crippen LogP contribution in [0.5, 0.6) is 0 Å². The topological polar surface area (TPSA) is 96.8 Å². The van der Waals surface area contributed by atoms with Crippen LogP contribution < -0.4 is 10.0 Å². The normalized spacial score (nSPS) is 16.4. The summed E-state index contributed by atoms with van der Waals surface area (Å²) in [6.45, 7) is 7.45. The smallest absolute Gasteiger partial charge is 0.277 e. The molecule has 3 rings (SSSR count). The van der Waals surface area contributed by atoms with Gasteiger partial charge in [0, 0.05) is 31.6 Å². The zero-order valence-electron chi connectivity index (χ0n) is 13.8. The number of rotatable bonds is 5. The number of nitrogens with two attached hydrogens (primary N) is 1. The average Bonchev–Trinajstić information content (AvgIpc) is 2.71. The number of aryl methyl sites for hydroxylation is 1. The Bertz CT molecular complexity index is 860. The molecule has 0 aliphatic carbocycles. The Hall–Kier alpha value is -1.42. The summed E-state index contributed by atoms with van der Waals surface area (Å²) < 4.78 is 26.3. The van der Waals surface area contributed by atoms with Gasteiger partial charge < -0.3 is 4.90 Å². The van der Waals surface area contributed by atoms with Crippen LogP contribution in [0.3, 0.4) is 0 Å². The first kappa shape index (κ1) is 17.4. The molecule has 2 aromatic rings. The molecule has 3 heterocycles. The van der Waals surface area contributed by atoms with Gasteiger partial charge in [-0.2, -0.15) is 17.8 Å². The van der Waals surface area contributed by atoms with Crippen LogP contribution in [0.1, 0.15) is 19.4 Å². The zero-order valence-corrected chi connectivity index (χ0v) is 15.4. The monoisotopic (exact) mass is 372 g/mol. The summed E-state index contributed by atoms with van der Waals surface area (Å²) in [5.74, 6) is 1.03. The Balaban J connectivity index is 1.76. The second kappa shape index (κ2) is 6.14. The molecule has 2 aromatic heterocycles. The molecule has 0 atom stereocenters. The molecule has 0 bridgehead atoms. The summed E-state index contributed by atoms with van der Waals surface area (Å²) in [6.07, 6.45) is 1.48. The number of halogens is 1. The minimum Gasteiger partial charge on any atom is -0.354 e. The highest BCUT2D eigenvalue weighted by molar-refractivity contribution is 7.86. The van der Waals surface area contributed by atoms with E-state index in [1.807, 2.05) is 26.8 Å². The van der Waals surface area contributed by atoms with E-state index in [9.17, 15) is 8.42 Å². The summed E-state index contributed by atoms with van der Waals surface area (Å²) in [6, 6.07) is 1.69. The molecule has 0 spiro atoms. The molecule has 1 aliphatic heterocycles. The largest absolute Gasteiger partial charge is 0.354 e. The first-order valence-corrected chi connectivity index (χ1v) is 9.60. The van der Waals surface area contributed by atoms with Crippen molar-refractivity contribution >= 4 is 33.1 Å². The number of aromatic nitrogens is 3. The van der Waals surface area contributed by atoms with Gasteiger partial charge in [-0.3, -0.25) is 0 Å². The van der Waals surface area contributed by atoms with Gasteiger partial charge in [-0.25, -0.2) is 14.6 Å².